The molecule has 3 rings (SSSR count). The van der Waals surface area contributed by atoms with Crippen LogP contribution in [0.4, 0.5) is 10.8 Å². The van der Waals surface area contributed by atoms with Crippen LogP contribution in [0.25, 0.3) is 11.3 Å². The largest absolute Gasteiger partial charge is 0.497 e. The third-order valence-electron chi connectivity index (χ3n) is 4.27. The van der Waals surface area contributed by atoms with Crippen molar-refractivity contribution in [3.63, 3.8) is 0 Å². The second-order valence-corrected chi connectivity index (χ2v) is 7.66. The maximum atomic E-state index is 6.48. The van der Waals surface area contributed by atoms with Gasteiger partial charge in [0.15, 0.2) is 5.13 Å². The summed E-state index contributed by atoms with van der Waals surface area (Å²) in [5.74, 6) is 1.57. The number of aromatic nitrogens is 1. The standard InChI is InChI=1S/C21H23ClN2O2S/c1-5-12-24(18-8-6-7-9-19(18)26-4)21-23-20(14(2)27-21)16-11-10-15(25-3)13-17(16)22/h6-11,13H,5,12H2,1-4H3. The summed E-state index contributed by atoms with van der Waals surface area (Å²) in [6.45, 7) is 5.08. The van der Waals surface area contributed by atoms with Crippen molar-refractivity contribution in [2.45, 2.75) is 20.3 Å². The first-order chi connectivity index (χ1) is 13.1. The van der Waals surface area contributed by atoms with E-state index in [2.05, 4.69) is 24.8 Å². The highest BCUT2D eigenvalue weighted by Crippen LogP contribution is 2.41. The van der Waals surface area contributed by atoms with Crippen LogP contribution in [0.3, 0.4) is 0 Å². The van der Waals surface area contributed by atoms with Crippen molar-refractivity contribution in [1.29, 1.82) is 0 Å². The van der Waals surface area contributed by atoms with Crippen LogP contribution >= 0.6 is 22.9 Å². The fourth-order valence-corrected chi connectivity index (χ4v) is 4.18. The van der Waals surface area contributed by atoms with Gasteiger partial charge in [0.1, 0.15) is 11.5 Å². The molecule has 27 heavy (non-hydrogen) atoms. The number of aryl methyl sites for hydroxylation is 1. The van der Waals surface area contributed by atoms with Crippen molar-refractivity contribution in [3.05, 3.63) is 52.4 Å². The highest BCUT2D eigenvalue weighted by molar-refractivity contribution is 7.16. The van der Waals surface area contributed by atoms with Gasteiger partial charge in [-0.15, -0.1) is 11.3 Å². The molecule has 0 radical (unpaired) electrons. The maximum Gasteiger partial charge on any atom is 0.190 e. The summed E-state index contributed by atoms with van der Waals surface area (Å²) >= 11 is 8.14. The number of benzene rings is 2. The lowest BCUT2D eigenvalue weighted by Crippen LogP contribution is -2.18. The molecule has 0 aliphatic carbocycles. The smallest absolute Gasteiger partial charge is 0.190 e. The number of halogens is 1. The monoisotopic (exact) mass is 402 g/mol. The van der Waals surface area contributed by atoms with Gasteiger partial charge >= 0.3 is 0 Å². The number of para-hydroxylation sites is 2. The van der Waals surface area contributed by atoms with Crippen LogP contribution in [0.2, 0.25) is 5.02 Å². The van der Waals surface area contributed by atoms with Gasteiger partial charge in [0.05, 0.1) is 30.6 Å². The third-order valence-corrected chi connectivity index (χ3v) is 5.58. The molecule has 0 saturated heterocycles. The Balaban J connectivity index is 2.05. The molecule has 3 aromatic rings. The third kappa shape index (κ3) is 4.04. The van der Waals surface area contributed by atoms with Crippen molar-refractivity contribution in [2.24, 2.45) is 0 Å². The minimum absolute atomic E-state index is 0.633. The molecule has 0 saturated carbocycles. The van der Waals surface area contributed by atoms with E-state index in [1.54, 1.807) is 25.6 Å². The first-order valence-corrected chi connectivity index (χ1v) is 10.00. The average molecular weight is 403 g/mol. The Labute approximate surface area is 169 Å². The van der Waals surface area contributed by atoms with E-state index in [1.807, 2.05) is 36.4 Å². The Kier molecular flexibility index (Phi) is 6.24. The topological polar surface area (TPSA) is 34.6 Å². The summed E-state index contributed by atoms with van der Waals surface area (Å²) in [5, 5.41) is 1.56. The molecule has 0 bridgehead atoms. The van der Waals surface area contributed by atoms with Gasteiger partial charge in [0, 0.05) is 17.0 Å². The number of ether oxygens (including phenoxy) is 2. The van der Waals surface area contributed by atoms with E-state index >= 15 is 0 Å². The van der Waals surface area contributed by atoms with E-state index in [9.17, 15) is 0 Å². The Bertz CT molecular complexity index is 926. The highest BCUT2D eigenvalue weighted by Gasteiger charge is 2.20. The first-order valence-electron chi connectivity index (χ1n) is 8.81. The van der Waals surface area contributed by atoms with Crippen LogP contribution in [0, 0.1) is 6.92 Å². The van der Waals surface area contributed by atoms with Crippen molar-refractivity contribution in [3.8, 4) is 22.8 Å². The molecule has 0 aliphatic heterocycles. The Hall–Kier alpha value is -2.24. The number of hydrogen-bond acceptors (Lipinski definition) is 5. The van der Waals surface area contributed by atoms with Gasteiger partial charge in [-0.05, 0) is 43.7 Å². The van der Waals surface area contributed by atoms with E-state index in [4.69, 9.17) is 26.1 Å². The Morgan fingerprint density at radius 2 is 1.89 bits per heavy atom. The summed E-state index contributed by atoms with van der Waals surface area (Å²) in [6.07, 6.45) is 0.995. The molecule has 0 unspecified atom stereocenters. The Morgan fingerprint density at radius 3 is 2.56 bits per heavy atom. The normalized spacial score (nSPS) is 10.7. The average Bonchev–Trinajstić information content (AvgIpc) is 3.07. The molecule has 0 N–H and O–H groups in total. The first kappa shape index (κ1) is 19.5. The minimum atomic E-state index is 0.633. The molecule has 0 atom stereocenters. The van der Waals surface area contributed by atoms with Crippen molar-refractivity contribution < 1.29 is 9.47 Å². The molecule has 4 nitrogen and oxygen atoms in total. The Morgan fingerprint density at radius 1 is 1.11 bits per heavy atom. The molecular formula is C21H23ClN2O2S. The van der Waals surface area contributed by atoms with E-state index in [0.29, 0.717) is 5.02 Å². The summed E-state index contributed by atoms with van der Waals surface area (Å²) in [5.41, 5.74) is 2.83. The molecule has 0 amide bonds. The maximum absolute atomic E-state index is 6.48. The zero-order chi connectivity index (χ0) is 19.4. The van der Waals surface area contributed by atoms with E-state index in [-0.39, 0.29) is 0 Å². The van der Waals surface area contributed by atoms with Gasteiger partial charge in [-0.3, -0.25) is 0 Å². The van der Waals surface area contributed by atoms with Crippen LogP contribution < -0.4 is 14.4 Å². The molecule has 0 spiro atoms. The second-order valence-electron chi connectivity index (χ2n) is 6.07. The van der Waals surface area contributed by atoms with E-state index in [1.165, 1.54) is 0 Å². The number of rotatable bonds is 7. The lowest BCUT2D eigenvalue weighted by molar-refractivity contribution is 0.415. The van der Waals surface area contributed by atoms with Gasteiger partial charge < -0.3 is 14.4 Å². The number of thiazole rings is 1. The molecule has 0 fully saturated rings. The van der Waals surface area contributed by atoms with Crippen LogP contribution in [0.1, 0.15) is 18.2 Å². The predicted molar refractivity (Wildman–Crippen MR) is 114 cm³/mol. The molecule has 6 heteroatoms. The zero-order valence-corrected chi connectivity index (χ0v) is 17.5. The van der Waals surface area contributed by atoms with Crippen LogP contribution in [0.15, 0.2) is 42.5 Å². The highest BCUT2D eigenvalue weighted by atomic mass is 35.5. The fourth-order valence-electron chi connectivity index (χ4n) is 2.96. The van der Waals surface area contributed by atoms with Gasteiger partial charge in [-0.2, -0.15) is 0 Å². The number of anilines is 2. The summed E-state index contributed by atoms with van der Waals surface area (Å²) in [7, 11) is 3.33. The van der Waals surface area contributed by atoms with Gasteiger partial charge in [0.2, 0.25) is 0 Å². The quantitative estimate of drug-likeness (QED) is 0.462. The minimum Gasteiger partial charge on any atom is -0.497 e. The van der Waals surface area contributed by atoms with Crippen molar-refractivity contribution >= 4 is 33.8 Å². The lowest BCUT2D eigenvalue weighted by atomic mass is 10.1. The van der Waals surface area contributed by atoms with Gasteiger partial charge in [-0.25, -0.2) is 4.98 Å². The van der Waals surface area contributed by atoms with Crippen LogP contribution in [-0.2, 0) is 0 Å². The van der Waals surface area contributed by atoms with E-state index in [0.717, 1.165) is 51.4 Å². The summed E-state index contributed by atoms with van der Waals surface area (Å²) in [6, 6.07) is 13.7. The molecule has 2 aromatic carbocycles. The molecule has 1 aromatic heterocycles. The SMILES string of the molecule is CCCN(c1nc(-c2ccc(OC)cc2Cl)c(C)s1)c1ccccc1OC. The predicted octanol–water partition coefficient (Wildman–Crippen LogP) is 6.34. The second kappa shape index (κ2) is 8.63. The van der Waals surface area contributed by atoms with Crippen LogP contribution in [0.5, 0.6) is 11.5 Å². The van der Waals surface area contributed by atoms with E-state index < -0.39 is 0 Å². The molecule has 142 valence electrons. The number of methoxy groups -OCH3 is 2. The molecule has 0 aliphatic rings. The molecular weight excluding hydrogens is 380 g/mol. The molecule has 1 heterocycles. The van der Waals surface area contributed by atoms with Crippen molar-refractivity contribution in [2.75, 3.05) is 25.7 Å². The summed E-state index contributed by atoms with van der Waals surface area (Å²) < 4.78 is 10.8. The van der Waals surface area contributed by atoms with Crippen LogP contribution in [-0.4, -0.2) is 25.7 Å². The fraction of sp³-hybridized carbons (Fsp3) is 0.286. The summed E-state index contributed by atoms with van der Waals surface area (Å²) in [4.78, 5) is 8.26. The van der Waals surface area contributed by atoms with Crippen molar-refractivity contribution in [1.82, 2.24) is 4.98 Å². The number of hydrogen-bond donors (Lipinski definition) is 0. The zero-order valence-electron chi connectivity index (χ0n) is 16.0. The van der Waals surface area contributed by atoms with Gasteiger partial charge in [-0.1, -0.05) is 30.7 Å². The lowest BCUT2D eigenvalue weighted by Gasteiger charge is -2.23. The van der Waals surface area contributed by atoms with Gasteiger partial charge in [0.25, 0.3) is 0 Å². The number of nitrogens with zero attached hydrogens (tertiary/aromatic N) is 2.